The number of alkyl halides is 3. The van der Waals surface area contributed by atoms with Crippen molar-refractivity contribution < 1.29 is 13.2 Å². The fraction of sp³-hybridized carbons (Fsp3) is 0.0870. The summed E-state index contributed by atoms with van der Waals surface area (Å²) in [5.74, 6) is 0. The van der Waals surface area contributed by atoms with Gasteiger partial charge in [-0.2, -0.15) is 18.3 Å². The van der Waals surface area contributed by atoms with Crippen molar-refractivity contribution in [1.82, 2.24) is 4.57 Å². The number of anilines is 1. The molecular formula is C23H16Cl2F3N3. The van der Waals surface area contributed by atoms with Crippen molar-refractivity contribution >= 4 is 46.0 Å². The lowest BCUT2D eigenvalue weighted by molar-refractivity contribution is -0.137. The molecule has 0 unspecified atom stereocenters. The zero-order valence-electron chi connectivity index (χ0n) is 16.0. The number of aromatic nitrogens is 1. The SMILES string of the molecule is FC(F)(F)c1ccc(N/N=C/c2cn(Cc3ccc(Cl)cc3Cl)c3ccccc23)cc1. The van der Waals surface area contributed by atoms with Gasteiger partial charge in [0, 0.05) is 39.3 Å². The number of nitrogens with zero attached hydrogens (tertiary/aromatic N) is 2. The highest BCUT2D eigenvalue weighted by Gasteiger charge is 2.29. The molecule has 0 aliphatic carbocycles. The van der Waals surface area contributed by atoms with Crippen molar-refractivity contribution in [3.05, 3.63) is 99.7 Å². The van der Waals surface area contributed by atoms with Gasteiger partial charge in [-0.25, -0.2) is 0 Å². The van der Waals surface area contributed by atoms with E-state index < -0.39 is 11.7 Å². The Labute approximate surface area is 186 Å². The second-order valence-corrected chi connectivity index (χ2v) is 7.75. The fourth-order valence-corrected chi connectivity index (χ4v) is 3.72. The number of halogens is 5. The minimum Gasteiger partial charge on any atom is -0.342 e. The smallest absolute Gasteiger partial charge is 0.342 e. The molecule has 1 N–H and O–H groups in total. The van der Waals surface area contributed by atoms with Crippen molar-refractivity contribution in [1.29, 1.82) is 0 Å². The number of hydrazone groups is 1. The van der Waals surface area contributed by atoms with Crippen LogP contribution in [-0.4, -0.2) is 10.8 Å². The van der Waals surface area contributed by atoms with E-state index in [-0.39, 0.29) is 0 Å². The first-order valence-corrected chi connectivity index (χ1v) is 10.0. The van der Waals surface area contributed by atoms with E-state index in [2.05, 4.69) is 15.1 Å². The largest absolute Gasteiger partial charge is 0.416 e. The number of rotatable bonds is 5. The highest BCUT2D eigenvalue weighted by molar-refractivity contribution is 6.35. The van der Waals surface area contributed by atoms with Crippen molar-refractivity contribution in [2.75, 3.05) is 5.43 Å². The number of para-hydroxylation sites is 1. The van der Waals surface area contributed by atoms with Gasteiger partial charge < -0.3 is 4.57 Å². The Morgan fingerprint density at radius 3 is 2.42 bits per heavy atom. The van der Waals surface area contributed by atoms with Crippen LogP contribution in [0.3, 0.4) is 0 Å². The lowest BCUT2D eigenvalue weighted by atomic mass is 10.2. The van der Waals surface area contributed by atoms with E-state index in [1.165, 1.54) is 12.1 Å². The molecule has 0 radical (unpaired) electrons. The van der Waals surface area contributed by atoms with Gasteiger partial charge in [0.15, 0.2) is 0 Å². The molecule has 0 aliphatic heterocycles. The molecule has 31 heavy (non-hydrogen) atoms. The molecule has 4 rings (SSSR count). The minimum atomic E-state index is -4.36. The summed E-state index contributed by atoms with van der Waals surface area (Å²) >= 11 is 12.3. The number of hydrogen-bond acceptors (Lipinski definition) is 2. The van der Waals surface area contributed by atoms with Crippen LogP contribution < -0.4 is 5.43 Å². The summed E-state index contributed by atoms with van der Waals surface area (Å²) in [6.45, 7) is 0.552. The van der Waals surface area contributed by atoms with Crippen molar-refractivity contribution in [2.45, 2.75) is 12.7 Å². The van der Waals surface area contributed by atoms with Crippen LogP contribution in [0.1, 0.15) is 16.7 Å². The second-order valence-electron chi connectivity index (χ2n) is 6.91. The number of fused-ring (bicyclic) bond motifs is 1. The van der Waals surface area contributed by atoms with Gasteiger partial charge in [0.2, 0.25) is 0 Å². The van der Waals surface area contributed by atoms with Crippen LogP contribution >= 0.6 is 23.2 Å². The Kier molecular flexibility index (Phi) is 5.94. The molecule has 158 valence electrons. The van der Waals surface area contributed by atoms with Crippen LogP contribution in [0.5, 0.6) is 0 Å². The highest BCUT2D eigenvalue weighted by atomic mass is 35.5. The molecule has 0 spiro atoms. The maximum atomic E-state index is 12.7. The Balaban J connectivity index is 1.57. The zero-order chi connectivity index (χ0) is 22.0. The molecule has 8 heteroatoms. The lowest BCUT2D eigenvalue weighted by Gasteiger charge is -2.08. The van der Waals surface area contributed by atoms with E-state index >= 15 is 0 Å². The van der Waals surface area contributed by atoms with E-state index in [0.717, 1.165) is 34.2 Å². The summed E-state index contributed by atoms with van der Waals surface area (Å²) in [4.78, 5) is 0. The van der Waals surface area contributed by atoms with E-state index in [4.69, 9.17) is 23.2 Å². The van der Waals surface area contributed by atoms with Gasteiger partial charge in [0.1, 0.15) is 0 Å². The van der Waals surface area contributed by atoms with Gasteiger partial charge in [-0.05, 0) is 48.0 Å². The average molecular weight is 462 g/mol. The molecule has 3 nitrogen and oxygen atoms in total. The van der Waals surface area contributed by atoms with Crippen molar-refractivity contribution in [3.8, 4) is 0 Å². The summed E-state index contributed by atoms with van der Waals surface area (Å²) in [7, 11) is 0. The summed E-state index contributed by atoms with van der Waals surface area (Å²) in [5.41, 5.74) is 5.32. The van der Waals surface area contributed by atoms with Gasteiger partial charge in [-0.1, -0.05) is 47.5 Å². The summed E-state index contributed by atoms with van der Waals surface area (Å²) in [5, 5.41) is 6.35. The highest BCUT2D eigenvalue weighted by Crippen LogP contribution is 2.30. The molecule has 1 heterocycles. The van der Waals surface area contributed by atoms with E-state index in [0.29, 0.717) is 22.3 Å². The molecule has 0 fully saturated rings. The Hall–Kier alpha value is -2.96. The zero-order valence-corrected chi connectivity index (χ0v) is 17.5. The van der Waals surface area contributed by atoms with Crippen LogP contribution in [0, 0.1) is 0 Å². The number of benzene rings is 3. The number of nitrogens with one attached hydrogen (secondary N) is 1. The molecule has 0 amide bonds. The van der Waals surface area contributed by atoms with E-state index in [1.807, 2.05) is 36.5 Å². The first kappa shape index (κ1) is 21.3. The predicted molar refractivity (Wildman–Crippen MR) is 120 cm³/mol. The molecule has 4 aromatic rings. The third kappa shape index (κ3) is 4.86. The van der Waals surface area contributed by atoms with Gasteiger partial charge in [-0.15, -0.1) is 0 Å². The maximum absolute atomic E-state index is 12.7. The fourth-order valence-electron chi connectivity index (χ4n) is 3.25. The quantitative estimate of drug-likeness (QED) is 0.242. The molecule has 0 bridgehead atoms. The molecular weight excluding hydrogens is 446 g/mol. The maximum Gasteiger partial charge on any atom is 0.416 e. The second kappa shape index (κ2) is 8.65. The van der Waals surface area contributed by atoms with Gasteiger partial charge in [-0.3, -0.25) is 5.43 Å². The third-order valence-electron chi connectivity index (χ3n) is 4.78. The summed E-state index contributed by atoms with van der Waals surface area (Å²) in [6.07, 6.45) is -0.774. The molecule has 0 aliphatic rings. The monoisotopic (exact) mass is 461 g/mol. The molecule has 0 saturated carbocycles. The van der Waals surface area contributed by atoms with Gasteiger partial charge >= 0.3 is 6.18 Å². The Morgan fingerprint density at radius 2 is 1.71 bits per heavy atom. The van der Waals surface area contributed by atoms with Crippen LogP contribution in [0.2, 0.25) is 10.0 Å². The van der Waals surface area contributed by atoms with Crippen LogP contribution in [0.4, 0.5) is 18.9 Å². The lowest BCUT2D eigenvalue weighted by Crippen LogP contribution is -2.04. The summed E-state index contributed by atoms with van der Waals surface area (Å²) < 4.78 is 40.1. The molecule has 0 saturated heterocycles. The first-order chi connectivity index (χ1) is 14.8. The number of hydrogen-bond donors (Lipinski definition) is 1. The standard InChI is InChI=1S/C23H16Cl2F3N3/c24-18-8-5-15(21(25)11-18)13-31-14-16(20-3-1-2-4-22(20)31)12-29-30-19-9-6-17(7-10-19)23(26,27)28/h1-12,14,30H,13H2/b29-12+. The van der Waals surface area contributed by atoms with Crippen LogP contribution in [0.15, 0.2) is 78.0 Å². The van der Waals surface area contributed by atoms with Crippen molar-refractivity contribution in [3.63, 3.8) is 0 Å². The first-order valence-electron chi connectivity index (χ1n) is 9.29. The van der Waals surface area contributed by atoms with E-state index in [1.54, 1.807) is 18.3 Å². The Bertz CT molecular complexity index is 1250. The van der Waals surface area contributed by atoms with Crippen molar-refractivity contribution in [2.24, 2.45) is 5.10 Å². The molecule has 0 atom stereocenters. The minimum absolute atomic E-state index is 0.459. The molecule has 1 aromatic heterocycles. The Morgan fingerprint density at radius 1 is 0.968 bits per heavy atom. The van der Waals surface area contributed by atoms with E-state index in [9.17, 15) is 13.2 Å². The molecule has 3 aromatic carbocycles. The van der Waals surface area contributed by atoms with Crippen LogP contribution in [0.25, 0.3) is 10.9 Å². The van der Waals surface area contributed by atoms with Crippen LogP contribution in [-0.2, 0) is 12.7 Å². The van der Waals surface area contributed by atoms with Gasteiger partial charge in [0.05, 0.1) is 17.5 Å². The average Bonchev–Trinajstić information content (AvgIpc) is 3.08. The third-order valence-corrected chi connectivity index (χ3v) is 5.37. The van der Waals surface area contributed by atoms with Gasteiger partial charge in [0.25, 0.3) is 0 Å². The normalized spacial score (nSPS) is 12.0. The summed E-state index contributed by atoms with van der Waals surface area (Å²) in [6, 6.07) is 18.0. The topological polar surface area (TPSA) is 29.3 Å². The predicted octanol–water partition coefficient (Wildman–Crippen LogP) is 7.46.